The topological polar surface area (TPSA) is 28.1 Å². The molecule has 32 heavy (non-hydrogen) atoms. The minimum absolute atomic E-state index is 1.00. The van der Waals surface area contributed by atoms with Gasteiger partial charge in [0.05, 0.1) is 11.4 Å². The van der Waals surface area contributed by atoms with Gasteiger partial charge in [0.15, 0.2) is 0 Å². The summed E-state index contributed by atoms with van der Waals surface area (Å²) < 4.78 is 1.14. The van der Waals surface area contributed by atoms with Crippen molar-refractivity contribution >= 4 is 27.2 Å². The Labute approximate surface area is 204 Å². The van der Waals surface area contributed by atoms with Crippen LogP contribution in [0, 0.1) is 20.8 Å². The van der Waals surface area contributed by atoms with Gasteiger partial charge in [-0.3, -0.25) is 4.99 Å². The minimum Gasteiger partial charge on any atom is -0.358 e. The molecule has 2 aromatic rings. The fraction of sp³-hybridized carbons (Fsp3) is 0.483. The van der Waals surface area contributed by atoms with E-state index >= 15 is 0 Å². The fourth-order valence-corrected chi connectivity index (χ4v) is 5.69. The Morgan fingerprint density at radius 1 is 0.938 bits per heavy atom. The van der Waals surface area contributed by atoms with E-state index < -0.39 is 0 Å². The van der Waals surface area contributed by atoms with E-state index in [1.807, 2.05) is 27.7 Å². The summed E-state index contributed by atoms with van der Waals surface area (Å²) >= 11 is 3.67. The molecule has 1 aliphatic heterocycles. The molecule has 3 heteroatoms. The van der Waals surface area contributed by atoms with Crippen molar-refractivity contribution in [2.75, 3.05) is 0 Å². The molecule has 2 aliphatic rings. The summed E-state index contributed by atoms with van der Waals surface area (Å²) in [6.45, 7) is 21.3. The summed E-state index contributed by atoms with van der Waals surface area (Å²) in [7, 11) is 0. The zero-order chi connectivity index (χ0) is 24.2. The molecule has 0 unspecified atom stereocenters. The van der Waals surface area contributed by atoms with Gasteiger partial charge in [-0.05, 0) is 111 Å². The predicted molar refractivity (Wildman–Crippen MR) is 146 cm³/mol. The molecule has 4 rings (SSSR count). The number of halogens is 1. The Hall–Kier alpha value is -1.87. The van der Waals surface area contributed by atoms with Crippen molar-refractivity contribution < 1.29 is 0 Å². The Morgan fingerprint density at radius 2 is 1.50 bits per heavy atom. The highest BCUT2D eigenvalue weighted by Crippen LogP contribution is 2.43. The first-order chi connectivity index (χ1) is 15.3. The zero-order valence-electron chi connectivity index (χ0n) is 21.8. The molecule has 0 radical (unpaired) electrons. The summed E-state index contributed by atoms with van der Waals surface area (Å²) in [5.74, 6) is 0. The summed E-state index contributed by atoms with van der Waals surface area (Å²) in [5.41, 5.74) is 15.9. The Morgan fingerprint density at radius 3 is 2.06 bits per heavy atom. The van der Waals surface area contributed by atoms with Crippen LogP contribution in [0.4, 0.5) is 0 Å². The van der Waals surface area contributed by atoms with E-state index in [-0.39, 0.29) is 0 Å². The van der Waals surface area contributed by atoms with E-state index in [0.717, 1.165) is 23.0 Å². The molecule has 1 aliphatic carbocycles. The number of fused-ring (bicyclic) bond motifs is 1. The van der Waals surface area contributed by atoms with Gasteiger partial charge in [0.25, 0.3) is 0 Å². The van der Waals surface area contributed by atoms with E-state index in [0.29, 0.717) is 0 Å². The van der Waals surface area contributed by atoms with Crippen LogP contribution in [0.5, 0.6) is 0 Å². The number of hydrogen-bond acceptors (Lipinski definition) is 1. The molecule has 174 valence electrons. The van der Waals surface area contributed by atoms with Gasteiger partial charge in [-0.15, -0.1) is 0 Å². The number of allylic oxidation sites excluding steroid dienone is 2. The first kappa shape index (κ1) is 26.4. The molecule has 1 aromatic carbocycles. The lowest BCUT2D eigenvalue weighted by Gasteiger charge is -2.18. The average molecular weight is 498 g/mol. The quantitative estimate of drug-likeness (QED) is 0.438. The van der Waals surface area contributed by atoms with Crippen molar-refractivity contribution in [1.82, 2.24) is 4.98 Å². The van der Waals surface area contributed by atoms with Gasteiger partial charge in [-0.2, -0.15) is 0 Å². The number of aromatic nitrogens is 1. The van der Waals surface area contributed by atoms with E-state index in [4.69, 9.17) is 4.99 Å². The number of nitrogens with zero attached hydrogens (tertiary/aromatic N) is 1. The minimum atomic E-state index is 1.00. The lowest BCUT2D eigenvalue weighted by molar-refractivity contribution is 0.892. The third kappa shape index (κ3) is 4.73. The van der Waals surface area contributed by atoms with Gasteiger partial charge in [0.2, 0.25) is 0 Å². The van der Waals surface area contributed by atoms with Gasteiger partial charge in [-0.1, -0.05) is 50.5 Å². The van der Waals surface area contributed by atoms with Gasteiger partial charge in [-0.25, -0.2) is 0 Å². The second-order valence-corrected chi connectivity index (χ2v) is 9.14. The van der Waals surface area contributed by atoms with Gasteiger partial charge in [0, 0.05) is 21.5 Å². The monoisotopic (exact) mass is 496 g/mol. The molecule has 0 atom stereocenters. The SMILES string of the molecule is CC.CC.CCC1=C(C)C(C)=N/C1=C(\c1[nH]c(C)c2c1CCC2)c1c(C)cc(Br)cc1C. The normalized spacial score (nSPS) is 16.2. The maximum absolute atomic E-state index is 5.10. The molecule has 2 nitrogen and oxygen atoms in total. The number of rotatable bonds is 3. The van der Waals surface area contributed by atoms with Crippen LogP contribution in [0.15, 0.2) is 38.4 Å². The number of hydrogen-bond donors (Lipinski definition) is 1. The second-order valence-electron chi connectivity index (χ2n) is 8.23. The number of benzene rings is 1. The molecule has 0 saturated carbocycles. The first-order valence-corrected chi connectivity index (χ1v) is 13.1. The van der Waals surface area contributed by atoms with E-state index in [9.17, 15) is 0 Å². The molecule has 2 heterocycles. The number of aryl methyl sites for hydroxylation is 3. The van der Waals surface area contributed by atoms with E-state index in [1.165, 1.54) is 74.5 Å². The van der Waals surface area contributed by atoms with Crippen LogP contribution in [0.1, 0.15) is 101 Å². The lowest BCUT2D eigenvalue weighted by Crippen LogP contribution is -2.03. The summed E-state index contributed by atoms with van der Waals surface area (Å²) in [5, 5.41) is 0. The molecular formula is C29H41BrN2. The lowest BCUT2D eigenvalue weighted by atomic mass is 9.88. The van der Waals surface area contributed by atoms with E-state index in [2.05, 4.69) is 74.6 Å². The number of aromatic amines is 1. The van der Waals surface area contributed by atoms with Gasteiger partial charge < -0.3 is 4.98 Å². The van der Waals surface area contributed by atoms with Gasteiger partial charge >= 0.3 is 0 Å². The van der Waals surface area contributed by atoms with Crippen molar-refractivity contribution in [1.29, 1.82) is 0 Å². The molecule has 0 spiro atoms. The van der Waals surface area contributed by atoms with E-state index in [1.54, 1.807) is 0 Å². The highest BCUT2D eigenvalue weighted by Gasteiger charge is 2.29. The Kier molecular flexibility index (Phi) is 9.33. The molecule has 1 aromatic heterocycles. The van der Waals surface area contributed by atoms with Crippen LogP contribution in [0.25, 0.3) is 5.57 Å². The maximum atomic E-state index is 5.10. The third-order valence-corrected chi connectivity index (χ3v) is 6.89. The molecule has 0 amide bonds. The number of nitrogens with one attached hydrogen (secondary N) is 1. The zero-order valence-corrected chi connectivity index (χ0v) is 23.4. The fourth-order valence-electron chi connectivity index (χ4n) is 5.01. The average Bonchev–Trinajstić information content (AvgIpc) is 3.44. The summed E-state index contributed by atoms with van der Waals surface area (Å²) in [4.78, 5) is 8.88. The molecule has 0 bridgehead atoms. The van der Waals surface area contributed by atoms with Crippen LogP contribution in [0.2, 0.25) is 0 Å². The standard InChI is InChI=1S/C25H29BrN2.2C2H6/c1-7-19-15(4)16(5)27-24(19)23(22-13(2)11-18(26)12-14(22)3)25-21-10-8-9-20(21)17(6)28-25;2*1-2/h11-12,28H,7-10H2,1-6H3;2*1-2H3/b24-23-;;. The largest absolute Gasteiger partial charge is 0.358 e. The smallest absolute Gasteiger partial charge is 0.0767 e. The van der Waals surface area contributed by atoms with Crippen LogP contribution in [-0.4, -0.2) is 10.7 Å². The van der Waals surface area contributed by atoms with Crippen molar-refractivity contribution in [2.24, 2.45) is 4.99 Å². The van der Waals surface area contributed by atoms with Gasteiger partial charge in [0.1, 0.15) is 0 Å². The molecular weight excluding hydrogens is 456 g/mol. The van der Waals surface area contributed by atoms with Crippen molar-refractivity contribution in [3.63, 3.8) is 0 Å². The van der Waals surface area contributed by atoms with Crippen molar-refractivity contribution in [3.8, 4) is 0 Å². The number of aliphatic imine (C=N–C) groups is 1. The third-order valence-electron chi connectivity index (χ3n) is 6.43. The highest BCUT2D eigenvalue weighted by atomic mass is 79.9. The van der Waals surface area contributed by atoms with Crippen LogP contribution < -0.4 is 0 Å². The molecule has 0 saturated heterocycles. The number of H-pyrrole nitrogens is 1. The Balaban J connectivity index is 0.000000860. The maximum Gasteiger partial charge on any atom is 0.0767 e. The summed E-state index contributed by atoms with van der Waals surface area (Å²) in [6.07, 6.45) is 4.61. The van der Waals surface area contributed by atoms with Crippen LogP contribution >= 0.6 is 15.9 Å². The molecule has 0 fully saturated rings. The predicted octanol–water partition coefficient (Wildman–Crippen LogP) is 9.20. The van der Waals surface area contributed by atoms with Crippen molar-refractivity contribution in [3.05, 3.63) is 72.7 Å². The van der Waals surface area contributed by atoms with Crippen LogP contribution in [0.3, 0.4) is 0 Å². The summed E-state index contributed by atoms with van der Waals surface area (Å²) in [6, 6.07) is 4.46. The Bertz CT molecular complexity index is 1050. The van der Waals surface area contributed by atoms with Crippen molar-refractivity contribution in [2.45, 2.75) is 94.9 Å². The molecule has 1 N–H and O–H groups in total. The highest BCUT2D eigenvalue weighted by molar-refractivity contribution is 9.10. The van der Waals surface area contributed by atoms with Crippen LogP contribution in [-0.2, 0) is 12.8 Å². The second kappa shape index (κ2) is 11.3. The first-order valence-electron chi connectivity index (χ1n) is 12.3.